The molecule has 0 radical (unpaired) electrons. The summed E-state index contributed by atoms with van der Waals surface area (Å²) >= 11 is 0. The summed E-state index contributed by atoms with van der Waals surface area (Å²) in [4.78, 5) is 4.44. The average molecular weight is 404 g/mol. The molecule has 2 aromatic carbocycles. The molecule has 1 aliphatic heterocycles. The van der Waals surface area contributed by atoms with E-state index in [1.165, 1.54) is 16.7 Å². The van der Waals surface area contributed by atoms with Crippen molar-refractivity contribution in [2.24, 2.45) is 4.99 Å². The van der Waals surface area contributed by atoms with Crippen molar-refractivity contribution >= 4 is 5.96 Å². The lowest BCUT2D eigenvalue weighted by Gasteiger charge is -2.38. The highest BCUT2D eigenvalue weighted by Gasteiger charge is 2.33. The number of guanidine groups is 1. The van der Waals surface area contributed by atoms with Gasteiger partial charge in [-0.05, 0) is 37.1 Å². The molecule has 4 rings (SSSR count). The van der Waals surface area contributed by atoms with Gasteiger partial charge in [-0.1, -0.05) is 42.5 Å². The van der Waals surface area contributed by atoms with Crippen molar-refractivity contribution in [1.82, 2.24) is 20.4 Å². The second kappa shape index (κ2) is 8.61. The van der Waals surface area contributed by atoms with Crippen LogP contribution in [0.4, 0.5) is 0 Å². The second-order valence-electron chi connectivity index (χ2n) is 8.25. The maximum atomic E-state index is 6.14. The molecule has 1 atom stereocenters. The molecule has 6 heteroatoms. The zero-order valence-electron chi connectivity index (χ0n) is 17.8. The smallest absolute Gasteiger partial charge is 0.191 e. The highest BCUT2D eigenvalue weighted by Crippen LogP contribution is 2.39. The summed E-state index contributed by atoms with van der Waals surface area (Å²) < 4.78 is 8.07. The molecule has 0 amide bonds. The molecule has 2 N–H and O–H groups in total. The highest BCUT2D eigenvalue weighted by atomic mass is 16.5. The molecule has 2 heterocycles. The molecule has 0 saturated carbocycles. The van der Waals surface area contributed by atoms with Gasteiger partial charge in [-0.15, -0.1) is 0 Å². The van der Waals surface area contributed by atoms with E-state index in [1.807, 2.05) is 29.1 Å². The zero-order valence-corrected chi connectivity index (χ0v) is 17.8. The van der Waals surface area contributed by atoms with Gasteiger partial charge < -0.3 is 15.4 Å². The second-order valence-corrected chi connectivity index (χ2v) is 8.25. The quantitative estimate of drug-likeness (QED) is 0.501. The van der Waals surface area contributed by atoms with Crippen LogP contribution in [0.15, 0.2) is 72.0 Å². The maximum absolute atomic E-state index is 6.14. The molecular weight excluding hydrogens is 374 g/mol. The highest BCUT2D eigenvalue weighted by molar-refractivity contribution is 5.80. The van der Waals surface area contributed by atoms with Gasteiger partial charge in [0.2, 0.25) is 0 Å². The van der Waals surface area contributed by atoms with Gasteiger partial charge in [-0.2, -0.15) is 5.10 Å². The summed E-state index contributed by atoms with van der Waals surface area (Å²) in [7, 11) is 1.81. The average Bonchev–Trinajstić information content (AvgIpc) is 3.23. The van der Waals surface area contributed by atoms with Crippen LogP contribution in [0.2, 0.25) is 0 Å². The standard InChI is InChI=1S/C24H29N5O/c1-24(2)15-21(20-10-4-5-11-22(20)30-24)28-23(25-3)26-16-18-8-6-9-19(14-18)17-29-13-7-12-27-29/h4-14,21H,15-17H2,1-3H3,(H2,25,26,28). The first-order valence-electron chi connectivity index (χ1n) is 10.3. The van der Waals surface area contributed by atoms with E-state index >= 15 is 0 Å². The summed E-state index contributed by atoms with van der Waals surface area (Å²) in [6, 6.07) is 18.8. The molecule has 6 nitrogen and oxygen atoms in total. The van der Waals surface area contributed by atoms with Crippen molar-refractivity contribution in [3.05, 3.63) is 83.7 Å². The van der Waals surface area contributed by atoms with Gasteiger partial charge in [0.15, 0.2) is 5.96 Å². The van der Waals surface area contributed by atoms with E-state index in [4.69, 9.17) is 4.74 Å². The molecule has 1 aromatic heterocycles. The fraction of sp³-hybridized carbons (Fsp3) is 0.333. The summed E-state index contributed by atoms with van der Waals surface area (Å²) in [6.07, 6.45) is 4.64. The molecule has 0 spiro atoms. The number of para-hydroxylation sites is 1. The van der Waals surface area contributed by atoms with Gasteiger partial charge in [0.05, 0.1) is 12.6 Å². The van der Waals surface area contributed by atoms with Gasteiger partial charge in [-0.3, -0.25) is 9.67 Å². The predicted molar refractivity (Wildman–Crippen MR) is 120 cm³/mol. The SMILES string of the molecule is CN=C(NCc1cccc(Cn2cccn2)c1)NC1CC(C)(C)Oc2ccccc21. The Hall–Kier alpha value is -3.28. The predicted octanol–water partition coefficient (Wildman–Crippen LogP) is 3.90. The molecule has 0 bridgehead atoms. The first-order chi connectivity index (χ1) is 14.5. The van der Waals surface area contributed by atoms with Gasteiger partial charge in [0.25, 0.3) is 0 Å². The number of hydrogen-bond donors (Lipinski definition) is 2. The van der Waals surface area contributed by atoms with E-state index < -0.39 is 0 Å². The number of fused-ring (bicyclic) bond motifs is 1. The van der Waals surface area contributed by atoms with Crippen LogP contribution in [-0.2, 0) is 13.1 Å². The van der Waals surface area contributed by atoms with Crippen LogP contribution in [0.1, 0.15) is 43.0 Å². The Kier molecular flexibility index (Phi) is 5.74. The molecular formula is C24H29N5O. The summed E-state index contributed by atoms with van der Waals surface area (Å²) in [6.45, 7) is 5.71. The lowest BCUT2D eigenvalue weighted by molar-refractivity contribution is 0.0694. The van der Waals surface area contributed by atoms with Gasteiger partial charge in [0.1, 0.15) is 11.4 Å². The number of aliphatic imine (C=N–C) groups is 1. The third-order valence-corrected chi connectivity index (χ3v) is 5.27. The van der Waals surface area contributed by atoms with Crippen LogP contribution < -0.4 is 15.4 Å². The molecule has 0 fully saturated rings. The topological polar surface area (TPSA) is 63.5 Å². The Morgan fingerprint density at radius 1 is 1.17 bits per heavy atom. The summed E-state index contributed by atoms with van der Waals surface area (Å²) in [5.41, 5.74) is 3.36. The monoisotopic (exact) mass is 403 g/mol. The third kappa shape index (κ3) is 4.82. The van der Waals surface area contributed by atoms with Crippen LogP contribution in [0, 0.1) is 0 Å². The molecule has 1 unspecified atom stereocenters. The minimum absolute atomic E-state index is 0.141. The molecule has 0 aliphatic carbocycles. The van der Waals surface area contributed by atoms with Crippen LogP contribution in [0.5, 0.6) is 5.75 Å². The lowest BCUT2D eigenvalue weighted by atomic mass is 9.90. The number of nitrogens with zero attached hydrogens (tertiary/aromatic N) is 3. The van der Waals surface area contributed by atoms with Crippen molar-refractivity contribution in [3.8, 4) is 5.75 Å². The fourth-order valence-electron chi connectivity index (χ4n) is 3.90. The number of hydrogen-bond acceptors (Lipinski definition) is 3. The van der Waals surface area contributed by atoms with Crippen molar-refractivity contribution < 1.29 is 4.74 Å². The molecule has 0 saturated heterocycles. The van der Waals surface area contributed by atoms with Crippen molar-refractivity contribution in [3.63, 3.8) is 0 Å². The van der Waals surface area contributed by atoms with E-state index in [0.717, 1.165) is 24.7 Å². The Morgan fingerprint density at radius 2 is 2.00 bits per heavy atom. The van der Waals surface area contributed by atoms with Crippen LogP contribution in [0.3, 0.4) is 0 Å². The number of ether oxygens (including phenoxy) is 1. The van der Waals surface area contributed by atoms with E-state index in [9.17, 15) is 0 Å². The Bertz CT molecular complexity index is 1010. The number of aromatic nitrogens is 2. The van der Waals surface area contributed by atoms with Crippen molar-refractivity contribution in [2.45, 2.75) is 45.0 Å². The van der Waals surface area contributed by atoms with Crippen molar-refractivity contribution in [1.29, 1.82) is 0 Å². The Morgan fingerprint density at radius 3 is 2.80 bits per heavy atom. The molecule has 1 aliphatic rings. The van der Waals surface area contributed by atoms with Crippen LogP contribution >= 0.6 is 0 Å². The van der Waals surface area contributed by atoms with Gasteiger partial charge in [-0.25, -0.2) is 0 Å². The molecule has 30 heavy (non-hydrogen) atoms. The molecule has 3 aromatic rings. The van der Waals surface area contributed by atoms with Crippen molar-refractivity contribution in [2.75, 3.05) is 7.05 Å². The molecule has 156 valence electrons. The summed E-state index contributed by atoms with van der Waals surface area (Å²) in [5, 5.41) is 11.3. The third-order valence-electron chi connectivity index (χ3n) is 5.27. The van der Waals surface area contributed by atoms with Crippen LogP contribution in [-0.4, -0.2) is 28.4 Å². The zero-order chi connectivity index (χ0) is 21.0. The number of rotatable bonds is 5. The Labute approximate surface area is 178 Å². The number of nitrogens with one attached hydrogen (secondary N) is 2. The van der Waals surface area contributed by atoms with Gasteiger partial charge >= 0.3 is 0 Å². The lowest BCUT2D eigenvalue weighted by Crippen LogP contribution is -2.45. The van der Waals surface area contributed by atoms with E-state index in [-0.39, 0.29) is 11.6 Å². The summed E-state index contributed by atoms with van der Waals surface area (Å²) in [5.74, 6) is 1.72. The first kappa shape index (κ1) is 20.0. The van der Waals surface area contributed by atoms with Crippen LogP contribution in [0.25, 0.3) is 0 Å². The van der Waals surface area contributed by atoms with E-state index in [1.54, 1.807) is 13.2 Å². The van der Waals surface area contributed by atoms with E-state index in [2.05, 4.69) is 71.0 Å². The minimum Gasteiger partial charge on any atom is -0.487 e. The first-order valence-corrected chi connectivity index (χ1v) is 10.3. The normalized spacial score (nSPS) is 17.7. The Balaban J connectivity index is 1.41. The van der Waals surface area contributed by atoms with E-state index in [0.29, 0.717) is 6.54 Å². The van der Waals surface area contributed by atoms with Gasteiger partial charge in [0, 0.05) is 38.0 Å². The minimum atomic E-state index is -0.230. The number of benzene rings is 2. The fourth-order valence-corrected chi connectivity index (χ4v) is 3.90. The largest absolute Gasteiger partial charge is 0.487 e. The maximum Gasteiger partial charge on any atom is 0.191 e.